The van der Waals surface area contributed by atoms with E-state index in [0.717, 1.165) is 10.9 Å². The largest absolute Gasteiger partial charge is 0.507 e. The van der Waals surface area contributed by atoms with E-state index in [1.807, 2.05) is 56.3 Å². The molecule has 7 heteroatoms. The summed E-state index contributed by atoms with van der Waals surface area (Å²) >= 11 is 0. The number of ether oxygens (including phenoxy) is 1. The Labute approximate surface area is 228 Å². The van der Waals surface area contributed by atoms with E-state index in [2.05, 4.69) is 10.6 Å². The molecule has 5 N–H and O–H groups in total. The van der Waals surface area contributed by atoms with Crippen LogP contribution in [0.4, 0.5) is 21.9 Å². The number of anilines is 3. The maximum atomic E-state index is 13.0. The molecule has 0 radical (unpaired) electrons. The number of rotatable bonds is 9. The molecule has 0 aliphatic heterocycles. The fraction of sp³-hybridized carbons (Fsp3) is 0.188. The van der Waals surface area contributed by atoms with Crippen LogP contribution < -0.4 is 16.4 Å². The number of nitrogens with two attached hydrogens (primary N) is 1. The van der Waals surface area contributed by atoms with Crippen molar-refractivity contribution < 1.29 is 19.4 Å². The molecule has 0 fully saturated rings. The van der Waals surface area contributed by atoms with Crippen LogP contribution in [0.1, 0.15) is 38.4 Å². The summed E-state index contributed by atoms with van der Waals surface area (Å²) < 4.78 is 6.07. The van der Waals surface area contributed by atoms with Crippen molar-refractivity contribution in [2.75, 3.05) is 16.4 Å². The Morgan fingerprint density at radius 3 is 2.31 bits per heavy atom. The second-order valence-electron chi connectivity index (χ2n) is 10.0. The van der Waals surface area contributed by atoms with Crippen LogP contribution in [0.15, 0.2) is 103 Å². The van der Waals surface area contributed by atoms with Crippen molar-refractivity contribution >= 4 is 39.8 Å². The quantitative estimate of drug-likeness (QED) is 0.135. The highest BCUT2D eigenvalue weighted by atomic mass is 16.6. The molecule has 0 saturated carbocycles. The van der Waals surface area contributed by atoms with Crippen molar-refractivity contribution in [2.24, 2.45) is 5.41 Å². The zero-order valence-corrected chi connectivity index (χ0v) is 22.1. The molecule has 0 aromatic heterocycles. The van der Waals surface area contributed by atoms with Gasteiger partial charge < -0.3 is 20.9 Å². The predicted molar refractivity (Wildman–Crippen MR) is 157 cm³/mol. The fourth-order valence-corrected chi connectivity index (χ4v) is 4.52. The molecule has 0 saturated heterocycles. The molecular weight excluding hydrogens is 490 g/mol. The number of phenolic OH excluding ortho intramolecular Hbond substituents is 1. The molecule has 0 unspecified atom stereocenters. The Morgan fingerprint density at radius 1 is 0.897 bits per heavy atom. The van der Waals surface area contributed by atoms with Gasteiger partial charge in [0.05, 0.1) is 11.4 Å². The summed E-state index contributed by atoms with van der Waals surface area (Å²) in [5.41, 5.74) is 7.85. The van der Waals surface area contributed by atoms with Crippen LogP contribution in [0.25, 0.3) is 10.8 Å². The third-order valence-corrected chi connectivity index (χ3v) is 6.62. The van der Waals surface area contributed by atoms with Crippen LogP contribution >= 0.6 is 0 Å². The molecule has 4 aromatic rings. The lowest BCUT2D eigenvalue weighted by molar-refractivity contribution is -0.111. The first kappa shape index (κ1) is 27.3. The number of carbonyl (C=O) groups is 2. The Kier molecular flexibility index (Phi) is 8.51. The number of carbonyl (C=O) groups excluding carboxylic acids is 2. The molecule has 0 heterocycles. The summed E-state index contributed by atoms with van der Waals surface area (Å²) in [4.78, 5) is 25.4. The van der Waals surface area contributed by atoms with E-state index < -0.39 is 17.6 Å². The number of nitrogens with one attached hydrogen (secondary N) is 2. The lowest BCUT2D eigenvalue weighted by Crippen LogP contribution is -2.29. The minimum atomic E-state index is -0.641. The number of fused-ring (bicyclic) bond motifs is 1. The van der Waals surface area contributed by atoms with E-state index in [1.54, 1.807) is 54.6 Å². The normalized spacial score (nSPS) is 12.3. The molecule has 4 aromatic carbocycles. The smallest absolute Gasteiger partial charge is 0.412 e. The van der Waals surface area contributed by atoms with Gasteiger partial charge in [-0.15, -0.1) is 0 Å². The third-order valence-electron chi connectivity index (χ3n) is 6.62. The SMILES string of the molecule is CC(C)(CC/C=C/C(=O)Nc1ccccc1N)[C@H](OC(=O)Nc1ccccc1)c1ccc(O)c2ccccc12. The van der Waals surface area contributed by atoms with E-state index >= 15 is 0 Å². The van der Waals surface area contributed by atoms with E-state index in [-0.39, 0.29) is 11.7 Å². The van der Waals surface area contributed by atoms with Crippen LogP contribution in [0, 0.1) is 5.41 Å². The minimum absolute atomic E-state index is 0.160. The zero-order chi connectivity index (χ0) is 27.8. The Bertz CT molecular complexity index is 1480. The van der Waals surface area contributed by atoms with Crippen molar-refractivity contribution in [3.8, 4) is 5.75 Å². The van der Waals surface area contributed by atoms with Gasteiger partial charge in [-0.1, -0.05) is 80.6 Å². The molecule has 0 aliphatic rings. The molecule has 7 nitrogen and oxygen atoms in total. The second kappa shape index (κ2) is 12.2. The van der Waals surface area contributed by atoms with Gasteiger partial charge in [0.25, 0.3) is 0 Å². The molecule has 1 atom stereocenters. The number of allylic oxidation sites excluding steroid dienone is 1. The first-order chi connectivity index (χ1) is 18.7. The summed E-state index contributed by atoms with van der Waals surface area (Å²) in [6, 6.07) is 27.1. The van der Waals surface area contributed by atoms with Crippen LogP contribution in [0.5, 0.6) is 5.75 Å². The number of nitrogen functional groups attached to an aromatic ring is 1. The van der Waals surface area contributed by atoms with Crippen LogP contribution in [0.2, 0.25) is 0 Å². The van der Waals surface area contributed by atoms with E-state index in [9.17, 15) is 14.7 Å². The molecule has 200 valence electrons. The number of hydrogen-bond acceptors (Lipinski definition) is 5. The summed E-state index contributed by atoms with van der Waals surface area (Å²) in [5, 5.41) is 17.5. The maximum Gasteiger partial charge on any atom is 0.412 e. The van der Waals surface area contributed by atoms with Crippen LogP contribution in [-0.2, 0) is 9.53 Å². The van der Waals surface area contributed by atoms with Crippen molar-refractivity contribution in [3.05, 3.63) is 109 Å². The average Bonchev–Trinajstić information content (AvgIpc) is 2.92. The molecule has 0 bridgehead atoms. The van der Waals surface area contributed by atoms with E-state index in [1.165, 1.54) is 6.08 Å². The molecular formula is C32H33N3O4. The molecule has 39 heavy (non-hydrogen) atoms. The van der Waals surface area contributed by atoms with Gasteiger partial charge in [0.1, 0.15) is 11.9 Å². The summed E-state index contributed by atoms with van der Waals surface area (Å²) in [6.07, 6.45) is 3.25. The van der Waals surface area contributed by atoms with Crippen molar-refractivity contribution in [1.82, 2.24) is 0 Å². The fourth-order valence-electron chi connectivity index (χ4n) is 4.52. The van der Waals surface area contributed by atoms with Gasteiger partial charge in [0, 0.05) is 22.1 Å². The van der Waals surface area contributed by atoms with E-state index in [0.29, 0.717) is 35.3 Å². The number of aromatic hydroxyl groups is 1. The Hall–Kier alpha value is -4.78. The van der Waals surface area contributed by atoms with Gasteiger partial charge in [-0.25, -0.2) is 4.79 Å². The summed E-state index contributed by atoms with van der Waals surface area (Å²) in [5.74, 6) is -0.113. The lowest BCUT2D eigenvalue weighted by atomic mass is 9.77. The summed E-state index contributed by atoms with van der Waals surface area (Å²) in [6.45, 7) is 4.04. The highest BCUT2D eigenvalue weighted by Gasteiger charge is 2.35. The molecule has 4 rings (SSSR count). The Morgan fingerprint density at radius 2 is 1.56 bits per heavy atom. The van der Waals surface area contributed by atoms with E-state index in [4.69, 9.17) is 10.5 Å². The lowest BCUT2D eigenvalue weighted by Gasteiger charge is -2.35. The molecule has 0 aliphatic carbocycles. The number of amides is 2. The Balaban J connectivity index is 1.53. The van der Waals surface area contributed by atoms with Crippen LogP contribution in [0.3, 0.4) is 0 Å². The first-order valence-electron chi connectivity index (χ1n) is 12.8. The minimum Gasteiger partial charge on any atom is -0.507 e. The maximum absolute atomic E-state index is 13.0. The van der Waals surface area contributed by atoms with Crippen molar-refractivity contribution in [1.29, 1.82) is 0 Å². The van der Waals surface area contributed by atoms with Gasteiger partial charge in [0.2, 0.25) is 5.91 Å². The first-order valence-corrected chi connectivity index (χ1v) is 12.8. The standard InChI is InChI=1S/C32H33N3O4/c1-32(2,21-11-10-18-29(37)35-27-17-9-8-16-26(27)33)30(39-31(38)34-22-12-4-3-5-13-22)25-19-20-28(36)24-15-7-6-14-23(24)25/h3-10,12-20,30,36H,11,21,33H2,1-2H3,(H,34,38)(H,35,37)/b18-10+/t30-/m1/s1. The average molecular weight is 524 g/mol. The number of phenols is 1. The third kappa shape index (κ3) is 6.96. The molecule has 2 amide bonds. The van der Waals surface area contributed by atoms with Gasteiger partial charge in [-0.2, -0.15) is 0 Å². The monoisotopic (exact) mass is 523 g/mol. The number of para-hydroxylation sites is 3. The zero-order valence-electron chi connectivity index (χ0n) is 22.1. The number of benzene rings is 4. The second-order valence-corrected chi connectivity index (χ2v) is 10.0. The van der Waals surface area contributed by atoms with Gasteiger partial charge in [-0.3, -0.25) is 10.1 Å². The summed E-state index contributed by atoms with van der Waals surface area (Å²) in [7, 11) is 0. The molecule has 0 spiro atoms. The number of hydrogen-bond donors (Lipinski definition) is 4. The van der Waals surface area contributed by atoms with Crippen molar-refractivity contribution in [3.63, 3.8) is 0 Å². The highest BCUT2D eigenvalue weighted by Crippen LogP contribution is 2.44. The van der Waals surface area contributed by atoms with Crippen molar-refractivity contribution in [2.45, 2.75) is 32.8 Å². The predicted octanol–water partition coefficient (Wildman–Crippen LogP) is 7.42. The van der Waals surface area contributed by atoms with Gasteiger partial charge in [0.15, 0.2) is 0 Å². The highest BCUT2D eigenvalue weighted by molar-refractivity contribution is 6.01. The van der Waals surface area contributed by atoms with Gasteiger partial charge in [-0.05, 0) is 54.6 Å². The topological polar surface area (TPSA) is 114 Å². The van der Waals surface area contributed by atoms with Gasteiger partial charge >= 0.3 is 6.09 Å². The van der Waals surface area contributed by atoms with Crippen LogP contribution in [-0.4, -0.2) is 17.1 Å².